The molecule has 6 rings (SSSR count). The maximum Gasteiger partial charge on any atom is 0.305 e. The Hall–Kier alpha value is -3.73. The summed E-state index contributed by atoms with van der Waals surface area (Å²) in [7, 11) is 0. The summed E-state index contributed by atoms with van der Waals surface area (Å²) in [5.74, 6) is -0.00271. The number of hydrogen-bond donors (Lipinski definition) is 1. The van der Waals surface area contributed by atoms with Gasteiger partial charge in [-0.15, -0.1) is 0 Å². The Kier molecular flexibility index (Phi) is 5.28. The number of fused-ring (bicyclic) bond motifs is 2. The molecule has 1 aliphatic rings. The van der Waals surface area contributed by atoms with Crippen molar-refractivity contribution >= 4 is 39.9 Å². The zero-order valence-corrected chi connectivity index (χ0v) is 19.9. The van der Waals surface area contributed by atoms with Gasteiger partial charge in [0.15, 0.2) is 17.3 Å². The van der Waals surface area contributed by atoms with Crippen molar-refractivity contribution in [1.82, 2.24) is 4.98 Å². The first kappa shape index (κ1) is 21.8. The molecule has 1 aromatic heterocycles. The smallest absolute Gasteiger partial charge is 0.305 e. The number of carbonyl (C=O) groups excluding carboxylic acids is 1. The Balaban J connectivity index is 1.34. The SMILES string of the molecule is O=C(Cc1ccc2c(c1)OC(c1ccc(Cl)cc1)(c1ccc(Cl)cc1)O2)c1c[nH]c2ccccc12. The van der Waals surface area contributed by atoms with E-state index in [0.717, 1.165) is 27.6 Å². The van der Waals surface area contributed by atoms with Crippen LogP contribution in [0.4, 0.5) is 0 Å². The molecule has 1 aliphatic heterocycles. The molecule has 0 spiro atoms. The number of rotatable bonds is 5. The van der Waals surface area contributed by atoms with Gasteiger partial charge in [0, 0.05) is 50.3 Å². The van der Waals surface area contributed by atoms with E-state index in [-0.39, 0.29) is 12.2 Å². The molecule has 4 aromatic carbocycles. The monoisotopic (exact) mass is 499 g/mol. The van der Waals surface area contributed by atoms with Crippen LogP contribution in [-0.4, -0.2) is 10.8 Å². The van der Waals surface area contributed by atoms with Gasteiger partial charge >= 0.3 is 5.79 Å². The minimum Gasteiger partial charge on any atom is -0.440 e. The van der Waals surface area contributed by atoms with Gasteiger partial charge in [0.1, 0.15) is 0 Å². The first-order chi connectivity index (χ1) is 17.0. The fraction of sp³-hybridized carbons (Fsp3) is 0.0690. The highest BCUT2D eigenvalue weighted by atomic mass is 35.5. The molecule has 6 heteroatoms. The van der Waals surface area contributed by atoms with Crippen LogP contribution in [0.1, 0.15) is 27.0 Å². The predicted molar refractivity (Wildman–Crippen MR) is 138 cm³/mol. The molecule has 0 fully saturated rings. The second kappa shape index (κ2) is 8.49. The normalized spacial score (nSPS) is 13.8. The van der Waals surface area contributed by atoms with Crippen molar-refractivity contribution in [3.05, 3.63) is 129 Å². The molecule has 4 nitrogen and oxygen atoms in total. The maximum atomic E-state index is 13.1. The predicted octanol–water partition coefficient (Wildman–Crippen LogP) is 7.57. The summed E-state index contributed by atoms with van der Waals surface area (Å²) in [5.41, 5.74) is 4.03. The van der Waals surface area contributed by atoms with E-state index in [1.807, 2.05) is 66.7 Å². The van der Waals surface area contributed by atoms with Crippen LogP contribution in [0.5, 0.6) is 11.5 Å². The van der Waals surface area contributed by atoms with E-state index < -0.39 is 5.79 Å². The average molecular weight is 500 g/mol. The molecule has 172 valence electrons. The molecular weight excluding hydrogens is 481 g/mol. The summed E-state index contributed by atoms with van der Waals surface area (Å²) >= 11 is 12.3. The summed E-state index contributed by atoms with van der Waals surface area (Å²) in [6, 6.07) is 28.1. The Morgan fingerprint density at radius 3 is 2.09 bits per heavy atom. The summed E-state index contributed by atoms with van der Waals surface area (Å²) in [5, 5.41) is 2.16. The van der Waals surface area contributed by atoms with E-state index in [0.29, 0.717) is 27.1 Å². The van der Waals surface area contributed by atoms with Crippen LogP contribution >= 0.6 is 23.2 Å². The summed E-state index contributed by atoms with van der Waals surface area (Å²) in [4.78, 5) is 16.3. The Morgan fingerprint density at radius 1 is 0.771 bits per heavy atom. The van der Waals surface area contributed by atoms with Crippen molar-refractivity contribution in [3.63, 3.8) is 0 Å². The number of halogens is 2. The summed E-state index contributed by atoms with van der Waals surface area (Å²) < 4.78 is 12.9. The molecule has 2 heterocycles. The van der Waals surface area contributed by atoms with Gasteiger partial charge in [-0.25, -0.2) is 0 Å². The molecule has 0 saturated heterocycles. The lowest BCUT2D eigenvalue weighted by Gasteiger charge is -2.28. The third-order valence-corrected chi connectivity index (χ3v) is 6.72. The number of aromatic amines is 1. The maximum absolute atomic E-state index is 13.1. The molecule has 0 radical (unpaired) electrons. The highest BCUT2D eigenvalue weighted by Gasteiger charge is 2.45. The van der Waals surface area contributed by atoms with E-state index in [1.54, 1.807) is 30.5 Å². The number of hydrogen-bond acceptors (Lipinski definition) is 3. The minimum atomic E-state index is -1.20. The summed E-state index contributed by atoms with van der Waals surface area (Å²) in [6.45, 7) is 0. The number of benzene rings is 4. The lowest BCUT2D eigenvalue weighted by atomic mass is 9.97. The van der Waals surface area contributed by atoms with Gasteiger partial charge < -0.3 is 14.5 Å². The van der Waals surface area contributed by atoms with Crippen molar-refractivity contribution < 1.29 is 14.3 Å². The molecule has 5 aromatic rings. The highest BCUT2D eigenvalue weighted by Crippen LogP contribution is 2.48. The van der Waals surface area contributed by atoms with E-state index >= 15 is 0 Å². The minimum absolute atomic E-state index is 0.0305. The van der Waals surface area contributed by atoms with Crippen LogP contribution in [0.25, 0.3) is 10.9 Å². The van der Waals surface area contributed by atoms with Crippen LogP contribution in [0.2, 0.25) is 10.0 Å². The van der Waals surface area contributed by atoms with Crippen molar-refractivity contribution in [2.75, 3.05) is 0 Å². The van der Waals surface area contributed by atoms with Gasteiger partial charge in [-0.1, -0.05) is 47.5 Å². The van der Waals surface area contributed by atoms with Gasteiger partial charge in [0.2, 0.25) is 0 Å². The van der Waals surface area contributed by atoms with Crippen LogP contribution in [0.3, 0.4) is 0 Å². The molecule has 0 aliphatic carbocycles. The number of nitrogens with one attached hydrogen (secondary N) is 1. The third-order valence-electron chi connectivity index (χ3n) is 6.22. The number of carbonyl (C=O) groups is 1. The Bertz CT molecular complexity index is 1510. The fourth-order valence-electron chi connectivity index (χ4n) is 4.48. The standard InChI is InChI=1S/C29H19Cl2NO3/c30-21-10-6-19(7-11-21)29(20-8-12-22(31)13-9-20)34-27-14-5-18(16-28(27)35-29)15-26(33)24-17-32-25-4-2-1-3-23(24)25/h1-14,16-17,32H,15H2. The molecule has 0 unspecified atom stereocenters. The zero-order chi connectivity index (χ0) is 24.0. The highest BCUT2D eigenvalue weighted by molar-refractivity contribution is 6.30. The van der Waals surface area contributed by atoms with E-state index in [4.69, 9.17) is 32.7 Å². The van der Waals surface area contributed by atoms with Crippen molar-refractivity contribution in [1.29, 1.82) is 0 Å². The third kappa shape index (κ3) is 3.85. The Labute approximate surface area is 212 Å². The number of para-hydroxylation sites is 1. The van der Waals surface area contributed by atoms with Gasteiger partial charge in [-0.2, -0.15) is 0 Å². The molecule has 35 heavy (non-hydrogen) atoms. The van der Waals surface area contributed by atoms with Gasteiger partial charge in [0.05, 0.1) is 0 Å². The second-order valence-electron chi connectivity index (χ2n) is 8.46. The van der Waals surface area contributed by atoms with Crippen LogP contribution in [0.15, 0.2) is 97.2 Å². The fourth-order valence-corrected chi connectivity index (χ4v) is 4.73. The average Bonchev–Trinajstić information content (AvgIpc) is 3.47. The topological polar surface area (TPSA) is 51.3 Å². The number of ether oxygens (including phenoxy) is 2. The first-order valence-corrected chi connectivity index (χ1v) is 11.9. The number of ketones is 1. The van der Waals surface area contributed by atoms with Crippen molar-refractivity contribution in [3.8, 4) is 11.5 Å². The lowest BCUT2D eigenvalue weighted by molar-refractivity contribution is -0.0459. The van der Waals surface area contributed by atoms with Crippen LogP contribution in [-0.2, 0) is 12.2 Å². The molecule has 0 amide bonds. The quantitative estimate of drug-likeness (QED) is 0.253. The molecule has 0 bridgehead atoms. The lowest BCUT2D eigenvalue weighted by Crippen LogP contribution is -2.36. The van der Waals surface area contributed by atoms with Gasteiger partial charge in [-0.3, -0.25) is 4.79 Å². The van der Waals surface area contributed by atoms with E-state index in [9.17, 15) is 4.79 Å². The van der Waals surface area contributed by atoms with Gasteiger partial charge in [0.25, 0.3) is 0 Å². The van der Waals surface area contributed by atoms with Crippen molar-refractivity contribution in [2.24, 2.45) is 0 Å². The van der Waals surface area contributed by atoms with Crippen LogP contribution < -0.4 is 9.47 Å². The number of Topliss-reactive ketones (excluding diaryl/α,β-unsaturated/α-hetero) is 1. The zero-order valence-electron chi connectivity index (χ0n) is 18.4. The van der Waals surface area contributed by atoms with Crippen molar-refractivity contribution in [2.45, 2.75) is 12.2 Å². The van der Waals surface area contributed by atoms with E-state index in [1.165, 1.54) is 0 Å². The molecule has 1 N–H and O–H groups in total. The molecule has 0 atom stereocenters. The molecule has 0 saturated carbocycles. The molecular formula is C29H19Cl2NO3. The summed E-state index contributed by atoms with van der Waals surface area (Å²) in [6.07, 6.45) is 2.01. The number of aromatic nitrogens is 1. The second-order valence-corrected chi connectivity index (χ2v) is 9.34. The number of H-pyrrole nitrogens is 1. The van der Waals surface area contributed by atoms with Crippen LogP contribution in [0, 0.1) is 0 Å². The van der Waals surface area contributed by atoms with E-state index in [2.05, 4.69) is 4.98 Å². The largest absolute Gasteiger partial charge is 0.440 e. The van der Waals surface area contributed by atoms with Gasteiger partial charge in [-0.05, 0) is 72.3 Å². The first-order valence-electron chi connectivity index (χ1n) is 11.1. The Morgan fingerprint density at radius 2 is 1.40 bits per heavy atom.